The molecule has 1 heterocycles. The molecule has 4 unspecified atom stereocenters. The summed E-state index contributed by atoms with van der Waals surface area (Å²) in [6.07, 6.45) is 0.176. The highest BCUT2D eigenvalue weighted by molar-refractivity contribution is 9.09. The number of carbonyl (C=O) groups excluding carboxylic acids is 1. The number of alkyl halides is 1. The van der Waals surface area contributed by atoms with Gasteiger partial charge < -0.3 is 4.74 Å². The molecule has 0 aromatic heterocycles. The molecule has 90 valence electrons. The molecule has 0 spiro atoms. The molecule has 3 rings (SSSR count). The minimum Gasteiger partial charge on any atom is -0.461 e. The van der Waals surface area contributed by atoms with Crippen molar-refractivity contribution >= 4 is 30.0 Å². The summed E-state index contributed by atoms with van der Waals surface area (Å²) in [6.45, 7) is 9.56. The third-order valence-electron chi connectivity index (χ3n) is 5.00. The molecular weight excluding hydrogens is 284 g/mol. The van der Waals surface area contributed by atoms with Gasteiger partial charge in [0.25, 0.3) is 0 Å². The SMILES string of the molecule is CC1C2C([Si](C)(C)C)C3[C@H]1C(=O)O[C@@H]3[C@H]2Br. The molecule has 0 aromatic rings. The highest BCUT2D eigenvalue weighted by Crippen LogP contribution is 2.67. The molecule has 7 atom stereocenters. The predicted molar refractivity (Wildman–Crippen MR) is 69.3 cm³/mol. The van der Waals surface area contributed by atoms with Crippen molar-refractivity contribution in [3.05, 3.63) is 0 Å². The highest BCUT2D eigenvalue weighted by Gasteiger charge is 2.71. The average Bonchev–Trinajstić information content (AvgIpc) is 2.67. The Kier molecular flexibility index (Phi) is 2.21. The molecular formula is C12H19BrO2Si. The fourth-order valence-electron chi connectivity index (χ4n) is 4.61. The lowest BCUT2D eigenvalue weighted by Gasteiger charge is -2.30. The molecule has 1 saturated heterocycles. The lowest BCUT2D eigenvalue weighted by molar-refractivity contribution is -0.143. The maximum Gasteiger partial charge on any atom is 0.309 e. The van der Waals surface area contributed by atoms with E-state index in [1.807, 2.05) is 0 Å². The van der Waals surface area contributed by atoms with Gasteiger partial charge in [0.1, 0.15) is 6.10 Å². The van der Waals surface area contributed by atoms with Gasteiger partial charge in [-0.15, -0.1) is 0 Å². The van der Waals surface area contributed by atoms with E-state index in [1.165, 1.54) is 0 Å². The van der Waals surface area contributed by atoms with Gasteiger partial charge in [0.2, 0.25) is 0 Å². The molecule has 4 heteroatoms. The molecule has 2 nitrogen and oxygen atoms in total. The molecule has 2 bridgehead atoms. The molecule has 0 aromatic carbocycles. The molecule has 0 N–H and O–H groups in total. The van der Waals surface area contributed by atoms with E-state index < -0.39 is 8.07 Å². The number of rotatable bonds is 1. The first-order chi connectivity index (χ1) is 7.34. The van der Waals surface area contributed by atoms with Crippen molar-refractivity contribution in [2.24, 2.45) is 23.7 Å². The Bertz CT molecular complexity index is 351. The minimum absolute atomic E-state index is 0.0789. The summed E-state index contributed by atoms with van der Waals surface area (Å²) in [4.78, 5) is 12.3. The Morgan fingerprint density at radius 2 is 1.88 bits per heavy atom. The number of ether oxygens (including phenoxy) is 1. The van der Waals surface area contributed by atoms with E-state index in [9.17, 15) is 4.79 Å². The number of esters is 1. The van der Waals surface area contributed by atoms with Crippen LogP contribution in [0.2, 0.25) is 25.2 Å². The smallest absolute Gasteiger partial charge is 0.309 e. The van der Waals surface area contributed by atoms with Crippen molar-refractivity contribution in [3.63, 3.8) is 0 Å². The quantitative estimate of drug-likeness (QED) is 0.423. The third kappa shape index (κ3) is 1.15. The van der Waals surface area contributed by atoms with Gasteiger partial charge >= 0.3 is 5.97 Å². The zero-order valence-corrected chi connectivity index (χ0v) is 12.8. The summed E-state index contributed by atoms with van der Waals surface area (Å²) >= 11 is 3.79. The van der Waals surface area contributed by atoms with E-state index in [1.54, 1.807) is 0 Å². The number of fused-ring (bicyclic) bond motifs is 1. The van der Waals surface area contributed by atoms with Gasteiger partial charge in [-0.05, 0) is 17.4 Å². The van der Waals surface area contributed by atoms with E-state index in [0.29, 0.717) is 22.6 Å². The van der Waals surface area contributed by atoms with Crippen molar-refractivity contribution < 1.29 is 9.53 Å². The second kappa shape index (κ2) is 3.13. The first-order valence-electron chi connectivity index (χ1n) is 6.18. The molecule has 2 saturated carbocycles. The highest BCUT2D eigenvalue weighted by atomic mass is 79.9. The lowest BCUT2D eigenvalue weighted by Crippen LogP contribution is -2.32. The van der Waals surface area contributed by atoms with Crippen molar-refractivity contribution in [2.45, 2.75) is 43.0 Å². The van der Waals surface area contributed by atoms with Crippen LogP contribution in [0, 0.1) is 23.7 Å². The number of carbonyl (C=O) groups is 1. The van der Waals surface area contributed by atoms with Gasteiger partial charge in [-0.25, -0.2) is 0 Å². The molecule has 16 heavy (non-hydrogen) atoms. The second-order valence-electron chi connectivity index (χ2n) is 6.78. The number of hydrogen-bond donors (Lipinski definition) is 0. The second-order valence-corrected chi connectivity index (χ2v) is 13.2. The fourth-order valence-corrected chi connectivity index (χ4v) is 9.38. The maximum atomic E-state index is 11.9. The van der Waals surface area contributed by atoms with E-state index in [-0.39, 0.29) is 18.0 Å². The van der Waals surface area contributed by atoms with Crippen LogP contribution in [-0.2, 0) is 9.53 Å². The normalized spacial score (nSPS) is 54.6. The van der Waals surface area contributed by atoms with Crippen LogP contribution in [0.3, 0.4) is 0 Å². The first kappa shape index (κ1) is 11.3. The van der Waals surface area contributed by atoms with Crippen LogP contribution < -0.4 is 0 Å². The lowest BCUT2D eigenvalue weighted by atomic mass is 9.81. The maximum absolute atomic E-state index is 11.9. The first-order valence-corrected chi connectivity index (χ1v) is 10.7. The van der Waals surface area contributed by atoms with Crippen molar-refractivity contribution in [1.29, 1.82) is 0 Å². The van der Waals surface area contributed by atoms with Gasteiger partial charge in [0.05, 0.1) is 10.7 Å². The summed E-state index contributed by atoms with van der Waals surface area (Å²) in [6, 6.07) is 0. The zero-order chi connectivity index (χ0) is 11.8. The van der Waals surface area contributed by atoms with Crippen molar-refractivity contribution in [3.8, 4) is 0 Å². The summed E-state index contributed by atoms with van der Waals surface area (Å²) in [5.41, 5.74) is 0.758. The van der Waals surface area contributed by atoms with E-state index >= 15 is 0 Å². The van der Waals surface area contributed by atoms with Crippen LogP contribution in [0.4, 0.5) is 0 Å². The Morgan fingerprint density at radius 3 is 2.38 bits per heavy atom. The Labute approximate surface area is 106 Å². The number of hydrogen-bond acceptors (Lipinski definition) is 2. The molecule has 3 fully saturated rings. The van der Waals surface area contributed by atoms with Gasteiger partial charge in [-0.2, -0.15) is 0 Å². The fraction of sp³-hybridized carbons (Fsp3) is 0.917. The van der Waals surface area contributed by atoms with Gasteiger partial charge in [-0.1, -0.05) is 42.5 Å². The molecule has 0 amide bonds. The van der Waals surface area contributed by atoms with E-state index in [2.05, 4.69) is 42.5 Å². The topological polar surface area (TPSA) is 26.3 Å². The summed E-state index contributed by atoms with van der Waals surface area (Å²) in [5.74, 6) is 1.98. The van der Waals surface area contributed by atoms with Crippen molar-refractivity contribution in [2.75, 3.05) is 0 Å². The largest absolute Gasteiger partial charge is 0.461 e. The standard InChI is InChI=1S/C12H19BrO2Si/c1-5-6-8-10(15-12(6)14)9(13)7(5)11(8)16(2,3)4/h5-11H,1-4H3/t5?,6-,7?,8?,9-,10-,11?/m0/s1. The Balaban J connectivity index is 2.06. The van der Waals surface area contributed by atoms with Crippen LogP contribution in [0.5, 0.6) is 0 Å². The van der Waals surface area contributed by atoms with Crippen LogP contribution in [0.15, 0.2) is 0 Å². The molecule has 3 aliphatic rings. The molecule has 0 radical (unpaired) electrons. The van der Waals surface area contributed by atoms with E-state index in [0.717, 1.165) is 5.54 Å². The van der Waals surface area contributed by atoms with Crippen LogP contribution >= 0.6 is 15.9 Å². The van der Waals surface area contributed by atoms with Crippen LogP contribution in [0.1, 0.15) is 6.92 Å². The van der Waals surface area contributed by atoms with Gasteiger partial charge in [0, 0.05) is 14.0 Å². The van der Waals surface area contributed by atoms with E-state index in [4.69, 9.17) is 4.74 Å². The van der Waals surface area contributed by atoms with Gasteiger partial charge in [-0.3, -0.25) is 4.79 Å². The molecule has 1 aliphatic heterocycles. The third-order valence-corrected chi connectivity index (χ3v) is 8.90. The number of halogens is 1. The monoisotopic (exact) mass is 302 g/mol. The Morgan fingerprint density at radius 1 is 1.25 bits per heavy atom. The average molecular weight is 303 g/mol. The summed E-state index contributed by atoms with van der Waals surface area (Å²) < 4.78 is 5.58. The zero-order valence-electron chi connectivity index (χ0n) is 10.2. The minimum atomic E-state index is -1.21. The molecule has 2 aliphatic carbocycles. The van der Waals surface area contributed by atoms with Crippen LogP contribution in [0.25, 0.3) is 0 Å². The summed E-state index contributed by atoms with van der Waals surface area (Å²) in [5, 5.41) is 0. The summed E-state index contributed by atoms with van der Waals surface area (Å²) in [7, 11) is -1.21. The van der Waals surface area contributed by atoms with Crippen molar-refractivity contribution in [1.82, 2.24) is 0 Å². The Hall–Kier alpha value is 0.167. The predicted octanol–water partition coefficient (Wildman–Crippen LogP) is 2.90. The van der Waals surface area contributed by atoms with Gasteiger partial charge in [0.15, 0.2) is 0 Å². The van der Waals surface area contributed by atoms with Crippen LogP contribution in [-0.4, -0.2) is 25.0 Å².